The van der Waals surface area contributed by atoms with Crippen molar-refractivity contribution in [1.82, 2.24) is 14.9 Å². The van der Waals surface area contributed by atoms with Crippen LogP contribution in [0, 0.1) is 12.8 Å². The Morgan fingerprint density at radius 1 is 1.12 bits per heavy atom. The molecule has 4 nitrogen and oxygen atoms in total. The number of amides is 1. The summed E-state index contributed by atoms with van der Waals surface area (Å²) in [4.78, 5) is 24.2. The number of benzene rings is 1. The van der Waals surface area contributed by atoms with Gasteiger partial charge in [-0.2, -0.15) is 0 Å². The van der Waals surface area contributed by atoms with Crippen molar-refractivity contribution in [3.05, 3.63) is 47.9 Å². The minimum Gasteiger partial charge on any atom is -0.342 e. The van der Waals surface area contributed by atoms with Gasteiger partial charge in [0.15, 0.2) is 0 Å². The molecule has 1 saturated carbocycles. The van der Waals surface area contributed by atoms with Gasteiger partial charge in [-0.1, -0.05) is 36.6 Å². The highest BCUT2D eigenvalue weighted by Crippen LogP contribution is 2.31. The van der Waals surface area contributed by atoms with Crippen molar-refractivity contribution in [3.8, 4) is 11.3 Å². The monoisotopic (exact) mass is 349 g/mol. The van der Waals surface area contributed by atoms with Crippen LogP contribution in [0.3, 0.4) is 0 Å². The van der Waals surface area contributed by atoms with Gasteiger partial charge in [0.1, 0.15) is 0 Å². The number of likely N-dealkylation sites (tertiary alicyclic amines) is 1. The molecule has 0 N–H and O–H groups in total. The van der Waals surface area contributed by atoms with E-state index in [2.05, 4.69) is 41.1 Å². The molecule has 1 aromatic heterocycles. The van der Waals surface area contributed by atoms with Gasteiger partial charge in [0.2, 0.25) is 5.91 Å². The summed E-state index contributed by atoms with van der Waals surface area (Å²) in [5, 5.41) is 0. The van der Waals surface area contributed by atoms with Crippen LogP contribution < -0.4 is 0 Å². The van der Waals surface area contributed by atoms with Crippen LogP contribution in [0.5, 0.6) is 0 Å². The van der Waals surface area contributed by atoms with Crippen molar-refractivity contribution in [1.29, 1.82) is 0 Å². The van der Waals surface area contributed by atoms with Gasteiger partial charge < -0.3 is 4.90 Å². The second kappa shape index (κ2) is 7.56. The first kappa shape index (κ1) is 17.2. The number of carbonyl (C=O) groups is 1. The Bertz CT molecular complexity index is 782. The van der Waals surface area contributed by atoms with E-state index in [4.69, 9.17) is 4.98 Å². The summed E-state index contributed by atoms with van der Waals surface area (Å²) < 4.78 is 0. The molecule has 0 radical (unpaired) electrons. The Hall–Kier alpha value is -2.23. The average molecular weight is 349 g/mol. The Labute approximate surface area is 155 Å². The molecule has 2 aromatic rings. The highest BCUT2D eigenvalue weighted by atomic mass is 16.2. The van der Waals surface area contributed by atoms with Crippen molar-refractivity contribution in [3.63, 3.8) is 0 Å². The van der Waals surface area contributed by atoms with Crippen molar-refractivity contribution < 1.29 is 4.79 Å². The van der Waals surface area contributed by atoms with Gasteiger partial charge >= 0.3 is 0 Å². The van der Waals surface area contributed by atoms with E-state index in [1.165, 1.54) is 18.4 Å². The van der Waals surface area contributed by atoms with Gasteiger partial charge in [-0.3, -0.25) is 9.78 Å². The van der Waals surface area contributed by atoms with Crippen LogP contribution in [-0.2, 0) is 4.79 Å². The molecule has 1 atom stereocenters. The van der Waals surface area contributed by atoms with Crippen LogP contribution in [0.1, 0.15) is 55.7 Å². The van der Waals surface area contributed by atoms with E-state index in [1.807, 2.05) is 12.4 Å². The maximum absolute atomic E-state index is 12.8. The van der Waals surface area contributed by atoms with Crippen molar-refractivity contribution in [2.24, 2.45) is 5.92 Å². The van der Waals surface area contributed by atoms with E-state index in [0.29, 0.717) is 11.8 Å². The van der Waals surface area contributed by atoms with Gasteiger partial charge in [0.05, 0.1) is 17.6 Å². The molecule has 0 bridgehead atoms. The summed E-state index contributed by atoms with van der Waals surface area (Å²) in [5.41, 5.74) is 4.27. The summed E-state index contributed by atoms with van der Waals surface area (Å²) >= 11 is 0. The number of aryl methyl sites for hydroxylation is 1. The van der Waals surface area contributed by atoms with Crippen LogP contribution in [0.15, 0.2) is 36.7 Å². The van der Waals surface area contributed by atoms with Crippen molar-refractivity contribution in [2.75, 3.05) is 13.1 Å². The van der Waals surface area contributed by atoms with Gasteiger partial charge in [0.25, 0.3) is 0 Å². The van der Waals surface area contributed by atoms with E-state index in [-0.39, 0.29) is 5.92 Å². The minimum atomic E-state index is 0.262. The molecule has 1 aliphatic carbocycles. The van der Waals surface area contributed by atoms with E-state index >= 15 is 0 Å². The Balaban J connectivity index is 1.51. The smallest absolute Gasteiger partial charge is 0.225 e. The first-order chi connectivity index (χ1) is 12.7. The highest BCUT2D eigenvalue weighted by molar-refractivity contribution is 5.79. The number of piperidine rings is 1. The van der Waals surface area contributed by atoms with Crippen molar-refractivity contribution in [2.45, 2.75) is 51.4 Å². The molecule has 26 heavy (non-hydrogen) atoms. The molecule has 4 heteroatoms. The lowest BCUT2D eigenvalue weighted by atomic mass is 9.93. The number of hydrogen-bond donors (Lipinski definition) is 0. The largest absolute Gasteiger partial charge is 0.342 e. The summed E-state index contributed by atoms with van der Waals surface area (Å²) in [7, 11) is 0. The van der Waals surface area contributed by atoms with Gasteiger partial charge in [-0.25, -0.2) is 4.98 Å². The lowest BCUT2D eigenvalue weighted by molar-refractivity contribution is -0.136. The minimum absolute atomic E-state index is 0.262. The Kier molecular flexibility index (Phi) is 5.00. The Morgan fingerprint density at radius 3 is 2.77 bits per heavy atom. The maximum Gasteiger partial charge on any atom is 0.225 e. The van der Waals surface area contributed by atoms with E-state index in [0.717, 1.165) is 55.7 Å². The van der Waals surface area contributed by atoms with Crippen LogP contribution >= 0.6 is 0 Å². The van der Waals surface area contributed by atoms with Crippen LogP contribution in [0.2, 0.25) is 0 Å². The molecular weight excluding hydrogens is 322 g/mol. The first-order valence-corrected chi connectivity index (χ1v) is 9.88. The van der Waals surface area contributed by atoms with Gasteiger partial charge in [0, 0.05) is 36.7 Å². The maximum atomic E-state index is 12.8. The number of carbonyl (C=O) groups excluding carboxylic acids is 1. The molecular formula is C22H27N3O. The third-order valence-electron chi connectivity index (χ3n) is 5.82. The van der Waals surface area contributed by atoms with Gasteiger partial charge in [-0.15, -0.1) is 0 Å². The molecule has 1 amide bonds. The first-order valence-electron chi connectivity index (χ1n) is 9.88. The fraction of sp³-hybridized carbons (Fsp3) is 0.500. The molecule has 136 valence electrons. The Morgan fingerprint density at radius 2 is 1.96 bits per heavy atom. The molecule has 1 saturated heterocycles. The zero-order chi connectivity index (χ0) is 17.9. The molecule has 4 rings (SSSR count). The zero-order valence-electron chi connectivity index (χ0n) is 15.5. The number of hydrogen-bond acceptors (Lipinski definition) is 3. The summed E-state index contributed by atoms with van der Waals surface area (Å²) in [6.07, 6.45) is 10.4. The van der Waals surface area contributed by atoms with Crippen molar-refractivity contribution >= 4 is 5.91 Å². The molecule has 2 heterocycles. The number of rotatable bonds is 3. The van der Waals surface area contributed by atoms with E-state index in [9.17, 15) is 4.79 Å². The standard InChI is InChI=1S/C22H27N3O/c1-16-6-4-9-18(12-16)20-13-23-14-21(24-20)19-10-5-11-25(15-19)22(26)17-7-2-3-8-17/h4,6,9,12-14,17,19H,2-3,5,7-8,10-11,15H2,1H3/t19-/m1/s1. The molecule has 0 unspecified atom stereocenters. The second-order valence-electron chi connectivity index (χ2n) is 7.80. The fourth-order valence-electron chi connectivity index (χ4n) is 4.37. The summed E-state index contributed by atoms with van der Waals surface area (Å²) in [6.45, 7) is 3.78. The topological polar surface area (TPSA) is 46.1 Å². The predicted octanol–water partition coefficient (Wildman–Crippen LogP) is 4.35. The molecule has 1 aromatic carbocycles. The quantitative estimate of drug-likeness (QED) is 0.828. The van der Waals surface area contributed by atoms with Crippen LogP contribution in [0.4, 0.5) is 0 Å². The predicted molar refractivity (Wildman–Crippen MR) is 103 cm³/mol. The normalized spacial score (nSPS) is 21.1. The number of nitrogens with zero attached hydrogens (tertiary/aromatic N) is 3. The molecule has 2 aliphatic rings. The van der Waals surface area contributed by atoms with Crippen LogP contribution in [-0.4, -0.2) is 33.9 Å². The van der Waals surface area contributed by atoms with Crippen LogP contribution in [0.25, 0.3) is 11.3 Å². The number of aromatic nitrogens is 2. The average Bonchev–Trinajstić information content (AvgIpc) is 3.22. The highest BCUT2D eigenvalue weighted by Gasteiger charge is 2.31. The SMILES string of the molecule is Cc1cccc(-c2cncc([C@@H]3CCCN(C(=O)C4CCCC4)C3)n2)c1. The third kappa shape index (κ3) is 3.64. The molecule has 2 fully saturated rings. The molecule has 1 aliphatic heterocycles. The van der Waals surface area contributed by atoms with E-state index < -0.39 is 0 Å². The lowest BCUT2D eigenvalue weighted by Gasteiger charge is -2.34. The molecule has 0 spiro atoms. The third-order valence-corrected chi connectivity index (χ3v) is 5.82. The van der Waals surface area contributed by atoms with Gasteiger partial charge in [-0.05, 0) is 38.7 Å². The summed E-state index contributed by atoms with van der Waals surface area (Å²) in [6, 6.07) is 8.37. The summed E-state index contributed by atoms with van der Waals surface area (Å²) in [5.74, 6) is 0.930. The zero-order valence-corrected chi connectivity index (χ0v) is 15.5. The van der Waals surface area contributed by atoms with E-state index in [1.54, 1.807) is 0 Å². The second-order valence-corrected chi connectivity index (χ2v) is 7.80. The fourth-order valence-corrected chi connectivity index (χ4v) is 4.37. The lowest BCUT2D eigenvalue weighted by Crippen LogP contribution is -2.42.